The van der Waals surface area contributed by atoms with Crippen LogP contribution in [0.2, 0.25) is 0 Å². The monoisotopic (exact) mass is 688 g/mol. The normalized spacial score (nSPS) is 11.7. The van der Waals surface area contributed by atoms with Crippen LogP contribution >= 0.6 is 0 Å². The first-order valence-electron chi connectivity index (χ1n) is 18.3. The van der Waals surface area contributed by atoms with Gasteiger partial charge in [-0.25, -0.2) is 9.97 Å². The Morgan fingerprint density at radius 3 is 1.67 bits per heavy atom. The SMILES string of the molecule is c1ccc(-c2nc3ccc(-c4ccc(-c5nc6ccccc6n5-c5ccccc5)cc4)cc3c3cc4c5ccccc5n(-c5ccccc5)c4cc23)cc1. The van der Waals surface area contributed by atoms with Gasteiger partial charge in [-0.2, -0.15) is 0 Å². The summed E-state index contributed by atoms with van der Waals surface area (Å²) in [5.74, 6) is 0.926. The van der Waals surface area contributed by atoms with Crippen molar-refractivity contribution in [2.45, 2.75) is 0 Å². The Balaban J connectivity index is 1.11. The Hall–Kier alpha value is -7.30. The number of aromatic nitrogens is 4. The summed E-state index contributed by atoms with van der Waals surface area (Å²) < 4.78 is 4.63. The number of hydrogen-bond donors (Lipinski definition) is 0. The molecule has 3 aromatic heterocycles. The van der Waals surface area contributed by atoms with Crippen molar-refractivity contribution in [3.05, 3.63) is 194 Å². The quantitative estimate of drug-likeness (QED) is 0.169. The van der Waals surface area contributed by atoms with Gasteiger partial charge in [0, 0.05) is 44.0 Å². The molecule has 0 N–H and O–H groups in total. The number of nitrogens with zero attached hydrogens (tertiary/aromatic N) is 4. The molecule has 0 fully saturated rings. The van der Waals surface area contributed by atoms with E-state index in [2.05, 4.69) is 191 Å². The van der Waals surface area contributed by atoms with Crippen LogP contribution in [0.4, 0.5) is 0 Å². The molecule has 54 heavy (non-hydrogen) atoms. The van der Waals surface area contributed by atoms with E-state index in [1.165, 1.54) is 27.2 Å². The predicted octanol–water partition coefficient (Wildman–Crippen LogP) is 12.8. The first kappa shape index (κ1) is 30.3. The van der Waals surface area contributed by atoms with Crippen molar-refractivity contribution in [3.8, 4) is 45.1 Å². The lowest BCUT2D eigenvalue weighted by atomic mass is 9.95. The van der Waals surface area contributed by atoms with Crippen molar-refractivity contribution in [3.63, 3.8) is 0 Å². The fraction of sp³-hybridized carbons (Fsp3) is 0. The highest BCUT2D eigenvalue weighted by Crippen LogP contribution is 2.41. The Morgan fingerprint density at radius 2 is 0.907 bits per heavy atom. The van der Waals surface area contributed by atoms with Gasteiger partial charge in [-0.3, -0.25) is 4.57 Å². The fourth-order valence-electron chi connectivity index (χ4n) is 8.18. The summed E-state index contributed by atoms with van der Waals surface area (Å²) in [6.07, 6.45) is 0. The number of benzene rings is 8. The van der Waals surface area contributed by atoms with Crippen LogP contribution in [-0.4, -0.2) is 19.1 Å². The van der Waals surface area contributed by atoms with Gasteiger partial charge in [0.15, 0.2) is 0 Å². The molecule has 8 aromatic carbocycles. The zero-order valence-electron chi connectivity index (χ0n) is 29.3. The summed E-state index contributed by atoms with van der Waals surface area (Å²) in [6.45, 7) is 0. The maximum absolute atomic E-state index is 5.36. The zero-order chi connectivity index (χ0) is 35.6. The number of imidazole rings is 1. The first-order valence-corrected chi connectivity index (χ1v) is 18.3. The van der Waals surface area contributed by atoms with Crippen molar-refractivity contribution < 1.29 is 0 Å². The van der Waals surface area contributed by atoms with Gasteiger partial charge in [-0.1, -0.05) is 127 Å². The zero-order valence-corrected chi connectivity index (χ0v) is 29.3. The van der Waals surface area contributed by atoms with E-state index in [0.29, 0.717) is 0 Å². The van der Waals surface area contributed by atoms with E-state index in [4.69, 9.17) is 9.97 Å². The third-order valence-electron chi connectivity index (χ3n) is 10.7. The molecular weight excluding hydrogens is 657 g/mol. The molecular formula is C50H32N4. The van der Waals surface area contributed by atoms with Crippen LogP contribution in [0, 0.1) is 0 Å². The first-order chi connectivity index (χ1) is 26.8. The maximum atomic E-state index is 5.36. The fourth-order valence-corrected chi connectivity index (χ4v) is 8.18. The van der Waals surface area contributed by atoms with Crippen LogP contribution in [-0.2, 0) is 0 Å². The van der Waals surface area contributed by atoms with Crippen molar-refractivity contribution in [2.75, 3.05) is 0 Å². The highest BCUT2D eigenvalue weighted by Gasteiger charge is 2.19. The molecule has 0 radical (unpaired) electrons. The van der Waals surface area contributed by atoms with E-state index < -0.39 is 0 Å². The molecule has 0 amide bonds. The van der Waals surface area contributed by atoms with Crippen LogP contribution in [0.1, 0.15) is 0 Å². The summed E-state index contributed by atoms with van der Waals surface area (Å²) in [4.78, 5) is 10.5. The standard InChI is InChI=1S/C50H32N4/c1-4-14-34(15-5-1)49-43-32-48-42(39-20-10-12-22-46(39)53(48)37-16-6-2-7-17-37)31-40(43)41-30-36(28-29-44(41)51-49)33-24-26-35(27-25-33)50-52-45-21-11-13-23-47(45)54(50)38-18-8-3-9-19-38/h1-32H. The highest BCUT2D eigenvalue weighted by atomic mass is 15.1. The van der Waals surface area contributed by atoms with Crippen LogP contribution in [0.25, 0.3) is 99.7 Å². The molecule has 0 aliphatic heterocycles. The second-order valence-corrected chi connectivity index (χ2v) is 13.8. The van der Waals surface area contributed by atoms with E-state index in [9.17, 15) is 0 Å². The molecule has 0 saturated carbocycles. The molecule has 0 spiro atoms. The van der Waals surface area contributed by atoms with Crippen LogP contribution < -0.4 is 0 Å². The van der Waals surface area contributed by atoms with Crippen LogP contribution in [0.5, 0.6) is 0 Å². The maximum Gasteiger partial charge on any atom is 0.145 e. The van der Waals surface area contributed by atoms with Gasteiger partial charge < -0.3 is 4.57 Å². The number of rotatable bonds is 5. The van der Waals surface area contributed by atoms with Crippen LogP contribution in [0.15, 0.2) is 194 Å². The Bertz CT molecular complexity index is 3180. The van der Waals surface area contributed by atoms with Crippen LogP contribution in [0.3, 0.4) is 0 Å². The molecule has 4 heteroatoms. The number of fused-ring (bicyclic) bond motifs is 7. The molecule has 0 bridgehead atoms. The van der Waals surface area contributed by atoms with Gasteiger partial charge in [0.2, 0.25) is 0 Å². The molecule has 3 heterocycles. The van der Waals surface area contributed by atoms with E-state index in [1.807, 2.05) is 12.1 Å². The Morgan fingerprint density at radius 1 is 0.296 bits per heavy atom. The average molecular weight is 689 g/mol. The minimum atomic E-state index is 0.926. The minimum Gasteiger partial charge on any atom is -0.309 e. The summed E-state index contributed by atoms with van der Waals surface area (Å²) in [5, 5.41) is 5.92. The molecule has 11 rings (SSSR count). The lowest BCUT2D eigenvalue weighted by molar-refractivity contribution is 1.10. The molecule has 0 unspecified atom stereocenters. The third-order valence-corrected chi connectivity index (χ3v) is 10.7. The largest absolute Gasteiger partial charge is 0.309 e. The van der Waals surface area contributed by atoms with E-state index in [0.717, 1.165) is 72.5 Å². The molecule has 0 saturated heterocycles. The van der Waals surface area contributed by atoms with E-state index >= 15 is 0 Å². The number of para-hydroxylation sites is 5. The summed E-state index contributed by atoms with van der Waals surface area (Å²) in [6, 6.07) is 69.0. The molecule has 0 aliphatic rings. The lowest BCUT2D eigenvalue weighted by Gasteiger charge is -2.14. The van der Waals surface area contributed by atoms with Crippen molar-refractivity contribution in [2.24, 2.45) is 0 Å². The average Bonchev–Trinajstić information content (AvgIpc) is 3.79. The summed E-state index contributed by atoms with van der Waals surface area (Å²) in [5.41, 5.74) is 13.1. The van der Waals surface area contributed by atoms with Crippen molar-refractivity contribution in [1.29, 1.82) is 0 Å². The minimum absolute atomic E-state index is 0.926. The van der Waals surface area contributed by atoms with Gasteiger partial charge in [0.25, 0.3) is 0 Å². The summed E-state index contributed by atoms with van der Waals surface area (Å²) in [7, 11) is 0. The van der Waals surface area contributed by atoms with E-state index in [1.54, 1.807) is 0 Å². The summed E-state index contributed by atoms with van der Waals surface area (Å²) >= 11 is 0. The van der Waals surface area contributed by atoms with Crippen molar-refractivity contribution >= 4 is 54.5 Å². The molecule has 11 aromatic rings. The van der Waals surface area contributed by atoms with Gasteiger partial charge in [0.1, 0.15) is 5.82 Å². The molecule has 0 aliphatic carbocycles. The highest BCUT2D eigenvalue weighted by molar-refractivity contribution is 6.20. The molecule has 4 nitrogen and oxygen atoms in total. The third kappa shape index (κ3) is 4.78. The number of pyridine rings is 1. The van der Waals surface area contributed by atoms with E-state index in [-0.39, 0.29) is 0 Å². The second-order valence-electron chi connectivity index (χ2n) is 13.8. The lowest BCUT2D eigenvalue weighted by Crippen LogP contribution is -1.97. The van der Waals surface area contributed by atoms with Crippen molar-refractivity contribution in [1.82, 2.24) is 19.1 Å². The smallest absolute Gasteiger partial charge is 0.145 e. The van der Waals surface area contributed by atoms with Gasteiger partial charge in [-0.15, -0.1) is 0 Å². The van der Waals surface area contributed by atoms with Gasteiger partial charge in [0.05, 0.1) is 33.3 Å². The molecule has 252 valence electrons. The van der Waals surface area contributed by atoms with Gasteiger partial charge in [-0.05, 0) is 83.2 Å². The Labute approximate surface area is 311 Å². The number of hydrogen-bond acceptors (Lipinski definition) is 2. The predicted molar refractivity (Wildman–Crippen MR) is 225 cm³/mol. The van der Waals surface area contributed by atoms with Gasteiger partial charge >= 0.3 is 0 Å². The molecule has 0 atom stereocenters. The Kier molecular flexibility index (Phi) is 6.82. The second kappa shape index (κ2) is 12.1. The topological polar surface area (TPSA) is 35.6 Å².